The van der Waals surface area contributed by atoms with Crippen LogP contribution in [0.2, 0.25) is 0 Å². The summed E-state index contributed by atoms with van der Waals surface area (Å²) >= 11 is 1.69. The van der Waals surface area contributed by atoms with Crippen molar-refractivity contribution in [1.82, 2.24) is 9.47 Å². The fraction of sp³-hybridized carbons (Fsp3) is 0.333. The van der Waals surface area contributed by atoms with Crippen LogP contribution in [0.15, 0.2) is 47.8 Å². The molecule has 0 radical (unpaired) electrons. The third kappa shape index (κ3) is 3.91. The molecular formula is C24H26N4OS. The predicted octanol–water partition coefficient (Wildman–Crippen LogP) is 4.92. The SMILES string of the molecule is CC(c1cccs1)N(C)CC(=O)Nc1c(C#N)c2c(n1-c1ccccc1)CCCC2. The molecule has 1 N–H and O–H groups in total. The van der Waals surface area contributed by atoms with Gasteiger partial charge in [0.25, 0.3) is 0 Å². The number of nitriles is 1. The number of carbonyl (C=O) groups excluding carboxylic acids is 1. The van der Waals surface area contributed by atoms with Crippen LogP contribution in [0.3, 0.4) is 0 Å². The molecule has 0 saturated carbocycles. The zero-order valence-electron chi connectivity index (χ0n) is 17.4. The number of anilines is 1. The van der Waals surface area contributed by atoms with Crippen molar-refractivity contribution in [2.24, 2.45) is 0 Å². The summed E-state index contributed by atoms with van der Waals surface area (Å²) in [5.74, 6) is 0.502. The first-order valence-electron chi connectivity index (χ1n) is 10.4. The van der Waals surface area contributed by atoms with E-state index in [9.17, 15) is 10.1 Å². The summed E-state index contributed by atoms with van der Waals surface area (Å²) in [7, 11) is 1.95. The first-order chi connectivity index (χ1) is 14.6. The molecule has 6 heteroatoms. The third-order valence-corrected chi connectivity index (χ3v) is 6.91. The van der Waals surface area contributed by atoms with Crippen LogP contribution in [0.25, 0.3) is 5.69 Å². The number of rotatable bonds is 6. The number of likely N-dealkylation sites (N-methyl/N-ethyl adjacent to an activating group) is 1. The number of benzene rings is 1. The molecule has 1 aliphatic carbocycles. The lowest BCUT2D eigenvalue weighted by Gasteiger charge is -2.23. The number of para-hydroxylation sites is 1. The van der Waals surface area contributed by atoms with Gasteiger partial charge < -0.3 is 5.32 Å². The van der Waals surface area contributed by atoms with Crippen LogP contribution in [0.1, 0.15) is 47.5 Å². The summed E-state index contributed by atoms with van der Waals surface area (Å²) in [6.07, 6.45) is 3.98. The van der Waals surface area contributed by atoms with Gasteiger partial charge in [-0.25, -0.2) is 0 Å². The lowest BCUT2D eigenvalue weighted by molar-refractivity contribution is -0.117. The van der Waals surface area contributed by atoms with Crippen molar-refractivity contribution in [3.05, 3.63) is 69.5 Å². The van der Waals surface area contributed by atoms with Gasteiger partial charge in [-0.05, 0) is 68.8 Å². The van der Waals surface area contributed by atoms with Gasteiger partial charge in [0.1, 0.15) is 11.9 Å². The largest absolute Gasteiger partial charge is 0.310 e. The quantitative estimate of drug-likeness (QED) is 0.618. The molecule has 4 rings (SSSR count). The van der Waals surface area contributed by atoms with Gasteiger partial charge in [-0.2, -0.15) is 5.26 Å². The number of aromatic nitrogens is 1. The van der Waals surface area contributed by atoms with Crippen molar-refractivity contribution >= 4 is 23.1 Å². The minimum Gasteiger partial charge on any atom is -0.310 e. The van der Waals surface area contributed by atoms with E-state index in [0.29, 0.717) is 11.4 Å². The van der Waals surface area contributed by atoms with Crippen molar-refractivity contribution in [2.75, 3.05) is 18.9 Å². The van der Waals surface area contributed by atoms with E-state index in [-0.39, 0.29) is 18.5 Å². The fourth-order valence-electron chi connectivity index (χ4n) is 4.18. The minimum absolute atomic E-state index is 0.107. The van der Waals surface area contributed by atoms with Gasteiger partial charge in [0.05, 0.1) is 12.1 Å². The number of fused-ring (bicyclic) bond motifs is 1. The van der Waals surface area contributed by atoms with Crippen molar-refractivity contribution in [3.63, 3.8) is 0 Å². The van der Waals surface area contributed by atoms with E-state index in [2.05, 4.69) is 34.3 Å². The maximum absolute atomic E-state index is 13.0. The fourth-order valence-corrected chi connectivity index (χ4v) is 5.03. The Morgan fingerprint density at radius 2 is 2.00 bits per heavy atom. The second kappa shape index (κ2) is 8.86. The van der Waals surface area contributed by atoms with Crippen molar-refractivity contribution in [3.8, 4) is 11.8 Å². The average Bonchev–Trinajstić information content (AvgIpc) is 3.40. The van der Waals surface area contributed by atoms with E-state index in [1.807, 2.05) is 48.3 Å². The molecule has 2 aromatic heterocycles. The van der Waals surface area contributed by atoms with Crippen LogP contribution in [-0.4, -0.2) is 29.0 Å². The van der Waals surface area contributed by atoms with Crippen LogP contribution in [0.4, 0.5) is 5.82 Å². The van der Waals surface area contributed by atoms with Gasteiger partial charge in [0, 0.05) is 22.3 Å². The molecule has 1 amide bonds. The summed E-state index contributed by atoms with van der Waals surface area (Å²) < 4.78 is 2.08. The Morgan fingerprint density at radius 3 is 2.70 bits per heavy atom. The molecule has 5 nitrogen and oxygen atoms in total. The van der Waals surface area contributed by atoms with E-state index in [1.165, 1.54) is 4.88 Å². The molecule has 0 bridgehead atoms. The molecule has 0 spiro atoms. The van der Waals surface area contributed by atoms with Gasteiger partial charge in [-0.1, -0.05) is 24.3 Å². The maximum Gasteiger partial charge on any atom is 0.239 e. The standard InChI is InChI=1S/C24H26N4OS/c1-17(22-13-8-14-30-22)27(2)16-23(29)26-24-20(15-25)19-11-6-7-12-21(19)28(24)18-9-4-3-5-10-18/h3-5,8-10,13-14,17H,6-7,11-12,16H2,1-2H3,(H,26,29). The van der Waals surface area contributed by atoms with Crippen LogP contribution in [0, 0.1) is 11.3 Å². The Balaban J connectivity index is 1.64. The summed E-state index contributed by atoms with van der Waals surface area (Å²) in [4.78, 5) is 16.2. The number of carbonyl (C=O) groups is 1. The van der Waals surface area contributed by atoms with Crippen LogP contribution in [0.5, 0.6) is 0 Å². The highest BCUT2D eigenvalue weighted by molar-refractivity contribution is 7.10. The topological polar surface area (TPSA) is 61.1 Å². The molecule has 1 aliphatic rings. The number of nitrogens with one attached hydrogen (secondary N) is 1. The number of nitrogens with zero attached hydrogens (tertiary/aromatic N) is 3. The third-order valence-electron chi connectivity index (χ3n) is 5.86. The average molecular weight is 419 g/mol. The second-order valence-corrected chi connectivity index (χ2v) is 8.77. The van der Waals surface area contributed by atoms with Crippen molar-refractivity contribution in [2.45, 2.75) is 38.6 Å². The highest BCUT2D eigenvalue weighted by Crippen LogP contribution is 2.35. The highest BCUT2D eigenvalue weighted by Gasteiger charge is 2.27. The zero-order valence-corrected chi connectivity index (χ0v) is 18.2. The minimum atomic E-state index is -0.107. The summed E-state index contributed by atoms with van der Waals surface area (Å²) in [5, 5.41) is 15.1. The molecule has 0 saturated heterocycles. The Hall–Kier alpha value is -2.88. The smallest absolute Gasteiger partial charge is 0.239 e. The predicted molar refractivity (Wildman–Crippen MR) is 121 cm³/mol. The summed E-state index contributed by atoms with van der Waals surface area (Å²) in [6, 6.07) is 16.6. The number of amides is 1. The first kappa shape index (κ1) is 20.4. The maximum atomic E-state index is 13.0. The van der Waals surface area contributed by atoms with Gasteiger partial charge >= 0.3 is 0 Å². The Kier molecular flexibility index (Phi) is 6.03. The van der Waals surface area contributed by atoms with Gasteiger partial charge in [0.2, 0.25) is 5.91 Å². The molecule has 1 unspecified atom stereocenters. The second-order valence-electron chi connectivity index (χ2n) is 7.79. The zero-order chi connectivity index (χ0) is 21.1. The molecule has 1 atom stereocenters. The Morgan fingerprint density at radius 1 is 1.23 bits per heavy atom. The molecular weight excluding hydrogens is 392 g/mol. The van der Waals surface area contributed by atoms with Crippen LogP contribution < -0.4 is 5.32 Å². The van der Waals surface area contributed by atoms with Gasteiger partial charge in [-0.3, -0.25) is 14.3 Å². The van der Waals surface area contributed by atoms with Gasteiger partial charge in [-0.15, -0.1) is 11.3 Å². The molecule has 154 valence electrons. The van der Waals surface area contributed by atoms with Crippen molar-refractivity contribution in [1.29, 1.82) is 5.26 Å². The highest BCUT2D eigenvalue weighted by atomic mass is 32.1. The monoisotopic (exact) mass is 418 g/mol. The molecule has 3 aromatic rings. The molecule has 0 fully saturated rings. The normalized spacial score (nSPS) is 14.2. The van der Waals surface area contributed by atoms with E-state index < -0.39 is 0 Å². The molecule has 0 aliphatic heterocycles. The van der Waals surface area contributed by atoms with Crippen molar-refractivity contribution < 1.29 is 4.79 Å². The first-order valence-corrected chi connectivity index (χ1v) is 11.2. The summed E-state index contributed by atoms with van der Waals surface area (Å²) in [5.41, 5.74) is 3.83. The number of hydrogen-bond donors (Lipinski definition) is 1. The molecule has 30 heavy (non-hydrogen) atoms. The van der Waals surface area contributed by atoms with E-state index in [4.69, 9.17) is 0 Å². The Bertz CT molecular complexity index is 1060. The van der Waals surface area contributed by atoms with Crippen LogP contribution in [-0.2, 0) is 17.6 Å². The lowest BCUT2D eigenvalue weighted by atomic mass is 9.95. The van der Waals surface area contributed by atoms with E-state index in [0.717, 1.165) is 42.6 Å². The molecule has 1 aromatic carbocycles. The molecule has 2 heterocycles. The number of hydrogen-bond acceptors (Lipinski definition) is 4. The number of thiophene rings is 1. The van der Waals surface area contributed by atoms with Crippen LogP contribution >= 0.6 is 11.3 Å². The van der Waals surface area contributed by atoms with E-state index in [1.54, 1.807) is 11.3 Å². The van der Waals surface area contributed by atoms with E-state index >= 15 is 0 Å². The summed E-state index contributed by atoms with van der Waals surface area (Å²) in [6.45, 7) is 2.36. The van der Waals surface area contributed by atoms with Gasteiger partial charge in [0.15, 0.2) is 0 Å². The lowest BCUT2D eigenvalue weighted by Crippen LogP contribution is -2.32. The Labute approximate surface area is 181 Å².